The van der Waals surface area contributed by atoms with Crippen LogP contribution in [0.15, 0.2) is 42.5 Å². The maximum absolute atomic E-state index is 13.1. The third kappa shape index (κ3) is 4.05. The van der Waals surface area contributed by atoms with Gasteiger partial charge >= 0.3 is 0 Å². The number of hydrogen-bond acceptors (Lipinski definition) is 5. The summed E-state index contributed by atoms with van der Waals surface area (Å²) in [5.74, 6) is -2.08. The van der Waals surface area contributed by atoms with E-state index in [2.05, 4.69) is 17.2 Å². The molecule has 9 heteroatoms. The van der Waals surface area contributed by atoms with Crippen molar-refractivity contribution in [3.63, 3.8) is 0 Å². The van der Waals surface area contributed by atoms with Crippen molar-refractivity contribution in [2.75, 3.05) is 11.9 Å². The maximum atomic E-state index is 13.1. The molecule has 1 fully saturated rings. The Morgan fingerprint density at radius 3 is 2.62 bits per heavy atom. The van der Waals surface area contributed by atoms with E-state index in [1.807, 2.05) is 0 Å². The lowest BCUT2D eigenvalue weighted by Crippen LogP contribution is -2.52. The normalized spacial score (nSPS) is 19.2. The number of likely N-dealkylation sites (N-methyl/N-ethyl adjacent to an activating group) is 1. The number of piperidine rings is 1. The Kier molecular flexibility index (Phi) is 6.57. The summed E-state index contributed by atoms with van der Waals surface area (Å²) in [7, 11) is 1.49. The van der Waals surface area contributed by atoms with Crippen molar-refractivity contribution < 1.29 is 24.0 Å². The van der Waals surface area contributed by atoms with Gasteiger partial charge in [-0.3, -0.25) is 34.2 Å². The first-order valence-electron chi connectivity index (χ1n) is 10.3. The lowest BCUT2D eigenvalue weighted by molar-refractivity contribution is -0.137. The number of rotatable bonds is 6. The summed E-state index contributed by atoms with van der Waals surface area (Å²) >= 11 is 0. The molecular formula is C23H26N4O5. The van der Waals surface area contributed by atoms with Crippen molar-refractivity contribution in [3.8, 4) is 0 Å². The van der Waals surface area contributed by atoms with Crippen LogP contribution in [0.3, 0.4) is 0 Å². The molecule has 2 aliphatic rings. The first kappa shape index (κ1) is 22.9. The van der Waals surface area contributed by atoms with Gasteiger partial charge in [0, 0.05) is 31.3 Å². The van der Waals surface area contributed by atoms with Crippen LogP contribution in [0.4, 0.5) is 5.69 Å². The predicted molar refractivity (Wildman–Crippen MR) is 117 cm³/mol. The van der Waals surface area contributed by atoms with Gasteiger partial charge in [0.2, 0.25) is 17.7 Å². The molecule has 0 aromatic heterocycles. The van der Waals surface area contributed by atoms with E-state index in [1.165, 1.54) is 16.8 Å². The molecule has 1 aromatic rings. The Morgan fingerprint density at radius 1 is 1.31 bits per heavy atom. The van der Waals surface area contributed by atoms with Crippen LogP contribution in [0.1, 0.15) is 42.6 Å². The molecule has 0 aliphatic carbocycles. The molecule has 1 aromatic carbocycles. The van der Waals surface area contributed by atoms with E-state index in [-0.39, 0.29) is 37.1 Å². The van der Waals surface area contributed by atoms with Gasteiger partial charge in [-0.15, -0.1) is 0 Å². The highest BCUT2D eigenvalue weighted by molar-refractivity contribution is 6.09. The van der Waals surface area contributed by atoms with Gasteiger partial charge in [0.05, 0.1) is 0 Å². The van der Waals surface area contributed by atoms with E-state index in [0.717, 1.165) is 6.08 Å². The van der Waals surface area contributed by atoms with Crippen LogP contribution in [0.25, 0.3) is 0 Å². The van der Waals surface area contributed by atoms with Crippen molar-refractivity contribution in [3.05, 3.63) is 53.6 Å². The number of allylic oxidation sites excluding steroid dienone is 1. The van der Waals surface area contributed by atoms with Gasteiger partial charge in [0.15, 0.2) is 0 Å². The second-order valence-corrected chi connectivity index (χ2v) is 7.70. The maximum Gasteiger partial charge on any atom is 0.255 e. The van der Waals surface area contributed by atoms with Gasteiger partial charge in [-0.2, -0.15) is 0 Å². The SMILES string of the molecule is C=CC(=O)N(c1ccc2c(c1)C(=O)N(C1CCC(=O)NC1=O)C2)C(C(=O)NC)C(C)=CC. The number of amides is 5. The Labute approximate surface area is 186 Å². The largest absolute Gasteiger partial charge is 0.357 e. The van der Waals surface area contributed by atoms with Crippen LogP contribution < -0.4 is 15.5 Å². The summed E-state index contributed by atoms with van der Waals surface area (Å²) in [5.41, 5.74) is 2.06. The minimum atomic E-state index is -0.920. The van der Waals surface area contributed by atoms with Crippen molar-refractivity contribution in [2.24, 2.45) is 0 Å². The highest BCUT2D eigenvalue weighted by Crippen LogP contribution is 2.32. The van der Waals surface area contributed by atoms with Crippen molar-refractivity contribution >= 4 is 35.2 Å². The number of fused-ring (bicyclic) bond motifs is 1. The van der Waals surface area contributed by atoms with Crippen LogP contribution in [-0.4, -0.2) is 53.6 Å². The predicted octanol–water partition coefficient (Wildman–Crippen LogP) is 1.05. The number of carbonyl (C=O) groups is 5. The van der Waals surface area contributed by atoms with Gasteiger partial charge in [0.1, 0.15) is 12.1 Å². The minimum Gasteiger partial charge on any atom is -0.357 e. The molecule has 168 valence electrons. The molecule has 2 heterocycles. The Hall–Kier alpha value is -3.75. The van der Waals surface area contributed by atoms with Crippen LogP contribution in [-0.2, 0) is 25.7 Å². The lowest BCUT2D eigenvalue weighted by Gasteiger charge is -2.31. The third-order valence-corrected chi connectivity index (χ3v) is 5.84. The minimum absolute atomic E-state index is 0.167. The van der Waals surface area contributed by atoms with E-state index in [0.29, 0.717) is 22.4 Å². The summed E-state index contributed by atoms with van der Waals surface area (Å²) in [4.78, 5) is 65.0. The van der Waals surface area contributed by atoms with Gasteiger partial charge in [-0.25, -0.2) is 0 Å². The second kappa shape index (κ2) is 9.17. The molecule has 5 amide bonds. The van der Waals surface area contributed by atoms with Crippen LogP contribution in [0.5, 0.6) is 0 Å². The topological polar surface area (TPSA) is 116 Å². The van der Waals surface area contributed by atoms with E-state index in [4.69, 9.17) is 0 Å². The van der Waals surface area contributed by atoms with Gasteiger partial charge < -0.3 is 10.2 Å². The molecule has 3 rings (SSSR count). The van der Waals surface area contributed by atoms with Crippen LogP contribution >= 0.6 is 0 Å². The van der Waals surface area contributed by atoms with E-state index < -0.39 is 23.9 Å². The standard InChI is InChI=1S/C23H26N4O5/c1-5-13(3)20(22(31)24-4)27(19(29)6-2)15-8-7-14-12-26(23(32)16(14)11-15)17-9-10-18(28)25-21(17)30/h5-8,11,17,20H,2,9-10,12H2,1,3-4H3,(H,24,31)(H,25,28,30). The van der Waals surface area contributed by atoms with E-state index in [1.54, 1.807) is 38.1 Å². The van der Waals surface area contributed by atoms with E-state index in [9.17, 15) is 24.0 Å². The molecule has 2 aliphatic heterocycles. The quantitative estimate of drug-likeness (QED) is 0.391. The summed E-state index contributed by atoms with van der Waals surface area (Å²) in [5, 5.41) is 4.85. The number of hydrogen-bond donors (Lipinski definition) is 2. The Balaban J connectivity index is 1.99. The summed E-state index contributed by atoms with van der Waals surface area (Å²) in [6.07, 6.45) is 3.29. The average molecular weight is 438 g/mol. The molecule has 9 nitrogen and oxygen atoms in total. The number of carbonyl (C=O) groups excluding carboxylic acids is 5. The number of nitrogens with zero attached hydrogens (tertiary/aromatic N) is 2. The van der Waals surface area contributed by atoms with Crippen LogP contribution in [0, 0.1) is 0 Å². The fourth-order valence-corrected chi connectivity index (χ4v) is 4.02. The Bertz CT molecular complexity index is 1040. The molecule has 2 N–H and O–H groups in total. The molecule has 0 bridgehead atoms. The van der Waals surface area contributed by atoms with Gasteiger partial charge in [0.25, 0.3) is 11.8 Å². The number of nitrogens with one attached hydrogen (secondary N) is 2. The molecule has 0 saturated carbocycles. The molecule has 2 unspecified atom stereocenters. The first-order chi connectivity index (χ1) is 15.2. The van der Waals surface area contributed by atoms with E-state index >= 15 is 0 Å². The lowest BCUT2D eigenvalue weighted by atomic mass is 10.0. The zero-order valence-corrected chi connectivity index (χ0v) is 18.3. The molecule has 32 heavy (non-hydrogen) atoms. The highest BCUT2D eigenvalue weighted by atomic mass is 16.2. The van der Waals surface area contributed by atoms with Crippen molar-refractivity contribution in [2.45, 2.75) is 45.3 Å². The second-order valence-electron chi connectivity index (χ2n) is 7.70. The fraction of sp³-hybridized carbons (Fsp3) is 0.348. The van der Waals surface area contributed by atoms with Gasteiger partial charge in [-0.05, 0) is 49.6 Å². The molecule has 0 spiro atoms. The molecule has 2 atom stereocenters. The number of benzene rings is 1. The monoisotopic (exact) mass is 438 g/mol. The average Bonchev–Trinajstić information content (AvgIpc) is 3.11. The zero-order valence-electron chi connectivity index (χ0n) is 18.3. The zero-order chi connectivity index (χ0) is 23.6. The van der Waals surface area contributed by atoms with Crippen molar-refractivity contribution in [1.82, 2.24) is 15.5 Å². The highest BCUT2D eigenvalue weighted by Gasteiger charge is 2.40. The summed E-state index contributed by atoms with van der Waals surface area (Å²) in [6.45, 7) is 7.28. The van der Waals surface area contributed by atoms with Crippen LogP contribution in [0.2, 0.25) is 0 Å². The number of imide groups is 1. The molecule has 1 saturated heterocycles. The summed E-state index contributed by atoms with van der Waals surface area (Å²) < 4.78 is 0. The van der Waals surface area contributed by atoms with Gasteiger partial charge in [-0.1, -0.05) is 18.7 Å². The fourth-order valence-electron chi connectivity index (χ4n) is 4.02. The summed E-state index contributed by atoms with van der Waals surface area (Å²) in [6, 6.07) is 3.29. The third-order valence-electron chi connectivity index (χ3n) is 5.84. The number of anilines is 1. The Morgan fingerprint density at radius 2 is 2.03 bits per heavy atom. The first-order valence-corrected chi connectivity index (χ1v) is 10.3. The van der Waals surface area contributed by atoms with Crippen molar-refractivity contribution in [1.29, 1.82) is 0 Å². The molecule has 0 radical (unpaired) electrons. The molecular weight excluding hydrogens is 412 g/mol. The smallest absolute Gasteiger partial charge is 0.255 e.